The van der Waals surface area contributed by atoms with Crippen molar-refractivity contribution in [3.05, 3.63) is 0 Å². The van der Waals surface area contributed by atoms with Gasteiger partial charge in [-0.3, -0.25) is 14.4 Å². The third-order valence-electron chi connectivity index (χ3n) is 11.9. The summed E-state index contributed by atoms with van der Waals surface area (Å²) in [5.41, 5.74) is -3.44. The van der Waals surface area contributed by atoms with Crippen molar-refractivity contribution in [2.24, 2.45) is 34.5 Å². The van der Waals surface area contributed by atoms with Crippen LogP contribution in [-0.4, -0.2) is 99.3 Å². The number of aliphatic hydroxyl groups excluding tert-OH is 3. The van der Waals surface area contributed by atoms with Crippen molar-refractivity contribution in [3.63, 3.8) is 0 Å². The highest BCUT2D eigenvalue weighted by Gasteiger charge is 2.73. The molecule has 14 atom stereocenters. The van der Waals surface area contributed by atoms with Gasteiger partial charge in [-0.15, -0.1) is 0 Å². The quantitative estimate of drug-likeness (QED) is 0.237. The van der Waals surface area contributed by atoms with Crippen LogP contribution >= 0.6 is 0 Å². The monoisotopic (exact) mass is 628 g/mol. The van der Waals surface area contributed by atoms with Gasteiger partial charge in [-0.05, 0) is 68.6 Å². The Bertz CT molecular complexity index is 1160. The number of alkyl halides is 1. The molecule has 4 saturated carbocycles. The third kappa shape index (κ3) is 5.26. The molecule has 5 fully saturated rings. The number of halogens is 1. The first-order valence-corrected chi connectivity index (χ1v) is 15.6. The minimum atomic E-state index is -1.89. The lowest BCUT2D eigenvalue weighted by Gasteiger charge is -2.65. The molecule has 1 saturated heterocycles. The predicted molar refractivity (Wildman–Crippen MR) is 147 cm³/mol. The fourth-order valence-electron chi connectivity index (χ4n) is 9.79. The van der Waals surface area contributed by atoms with Gasteiger partial charge in [-0.25, -0.2) is 9.18 Å². The molecule has 3 unspecified atom stereocenters. The van der Waals surface area contributed by atoms with Gasteiger partial charge in [0.1, 0.15) is 31.0 Å². The number of hydrogen-bond acceptors (Lipinski definition) is 11. The Labute approximate surface area is 255 Å². The highest BCUT2D eigenvalue weighted by atomic mass is 19.1. The molecule has 12 nitrogen and oxygen atoms in total. The zero-order valence-electron chi connectivity index (χ0n) is 25.6. The Morgan fingerprint density at radius 2 is 1.59 bits per heavy atom. The Morgan fingerprint density at radius 3 is 2.23 bits per heavy atom. The summed E-state index contributed by atoms with van der Waals surface area (Å²) in [6.07, 6.45) is -6.66. The molecular formula is C31H45FO12. The van der Waals surface area contributed by atoms with Gasteiger partial charge in [0.15, 0.2) is 23.8 Å². The summed E-state index contributed by atoms with van der Waals surface area (Å²) in [4.78, 5) is 48.5. The lowest BCUT2D eigenvalue weighted by Crippen LogP contribution is -2.70. The molecule has 4 aliphatic carbocycles. The Morgan fingerprint density at radius 1 is 0.909 bits per heavy atom. The normalized spacial score (nSPS) is 48.3. The van der Waals surface area contributed by atoms with Crippen molar-refractivity contribution in [3.8, 4) is 0 Å². The zero-order valence-corrected chi connectivity index (χ0v) is 25.6. The second-order valence-electron chi connectivity index (χ2n) is 14.1. The molecule has 0 aromatic rings. The number of aliphatic carboxylic acids is 1. The first-order chi connectivity index (χ1) is 20.5. The first-order valence-electron chi connectivity index (χ1n) is 15.6. The van der Waals surface area contributed by atoms with Crippen molar-refractivity contribution >= 4 is 23.7 Å². The van der Waals surface area contributed by atoms with E-state index in [1.165, 1.54) is 13.8 Å². The molecule has 13 heteroatoms. The Balaban J connectivity index is 1.37. The van der Waals surface area contributed by atoms with Crippen molar-refractivity contribution in [2.75, 3.05) is 6.61 Å². The van der Waals surface area contributed by atoms with Crippen LogP contribution in [0.25, 0.3) is 0 Å². The first kappa shape index (κ1) is 33.2. The van der Waals surface area contributed by atoms with E-state index in [1.807, 2.05) is 13.8 Å². The van der Waals surface area contributed by atoms with Gasteiger partial charge < -0.3 is 39.4 Å². The number of esters is 2. The van der Waals surface area contributed by atoms with E-state index in [9.17, 15) is 39.6 Å². The van der Waals surface area contributed by atoms with Crippen LogP contribution in [0.1, 0.15) is 79.1 Å². The smallest absolute Gasteiger partial charge is 0.335 e. The number of ketones is 1. The molecule has 4 N–H and O–H groups in total. The summed E-state index contributed by atoms with van der Waals surface area (Å²) in [6.45, 7) is 6.02. The molecule has 0 bridgehead atoms. The van der Waals surface area contributed by atoms with Crippen molar-refractivity contribution in [2.45, 2.75) is 128 Å². The third-order valence-corrected chi connectivity index (χ3v) is 11.9. The zero-order chi connectivity index (χ0) is 32.4. The van der Waals surface area contributed by atoms with Crippen LogP contribution in [0.5, 0.6) is 0 Å². The minimum Gasteiger partial charge on any atom is -0.479 e. The number of carbonyl (C=O) groups is 4. The molecule has 0 aromatic heterocycles. The summed E-state index contributed by atoms with van der Waals surface area (Å²) in [5.74, 6) is -4.12. The number of hydrogen-bond donors (Lipinski definition) is 4. The molecule has 5 rings (SSSR count). The van der Waals surface area contributed by atoms with Crippen LogP contribution in [0.4, 0.5) is 4.39 Å². The van der Waals surface area contributed by atoms with Crippen molar-refractivity contribution in [1.82, 2.24) is 0 Å². The molecule has 0 amide bonds. The van der Waals surface area contributed by atoms with Gasteiger partial charge in [0.25, 0.3) is 0 Å². The van der Waals surface area contributed by atoms with Crippen LogP contribution in [-0.2, 0) is 38.1 Å². The van der Waals surface area contributed by atoms with E-state index in [2.05, 4.69) is 0 Å². The number of carboxylic acid groups (broad SMARTS) is 1. The molecular weight excluding hydrogens is 583 g/mol. The number of fused-ring (bicyclic) bond motifs is 5. The lowest BCUT2D eigenvalue weighted by molar-refractivity contribution is -0.313. The summed E-state index contributed by atoms with van der Waals surface area (Å²) in [5, 5.41) is 40.0. The van der Waals surface area contributed by atoms with Crippen molar-refractivity contribution < 1.29 is 62.9 Å². The van der Waals surface area contributed by atoms with Gasteiger partial charge in [0.2, 0.25) is 0 Å². The van der Waals surface area contributed by atoms with Crippen LogP contribution < -0.4 is 0 Å². The number of aliphatic hydroxyl groups is 3. The number of carbonyl (C=O) groups excluding carboxylic acids is 3. The van der Waals surface area contributed by atoms with E-state index >= 15 is 4.39 Å². The molecule has 1 aliphatic heterocycles. The van der Waals surface area contributed by atoms with Gasteiger partial charge >= 0.3 is 17.9 Å². The standard InChI is InChI=1S/C31H45FO12/c1-14(33)41-13-21(35)20-8-7-18-19-6-5-16-11-17(43-28-25(38)23(36)24(37)26(44-28)27(39)40)9-10-30(16,4)31(19,32)22(42-15(2)34)12-29(18,20)3/h16-20,22-26,28,36-38H,5-13H2,1-4H3,(H,39,40)/t16-,17-,18?,19?,20-,22-,23+,24+,25-,26+,28?,29+,30+,31+/m1/s1. The maximum Gasteiger partial charge on any atom is 0.335 e. The number of ether oxygens (including phenoxy) is 4. The van der Waals surface area contributed by atoms with E-state index < -0.39 is 89.2 Å². The number of rotatable bonds is 7. The van der Waals surface area contributed by atoms with Gasteiger partial charge in [-0.1, -0.05) is 13.8 Å². The van der Waals surface area contributed by atoms with Gasteiger partial charge in [0.05, 0.1) is 6.10 Å². The Hall–Kier alpha value is -2.19. The maximum absolute atomic E-state index is 18.2. The lowest BCUT2D eigenvalue weighted by atomic mass is 9.42. The van der Waals surface area contributed by atoms with Crippen LogP contribution in [0.15, 0.2) is 0 Å². The van der Waals surface area contributed by atoms with Gasteiger partial charge in [-0.2, -0.15) is 0 Å². The Kier molecular flexibility index (Phi) is 8.95. The summed E-state index contributed by atoms with van der Waals surface area (Å²) < 4.78 is 40.3. The molecule has 0 aromatic carbocycles. The second kappa shape index (κ2) is 11.9. The van der Waals surface area contributed by atoms with Crippen molar-refractivity contribution in [1.29, 1.82) is 0 Å². The van der Waals surface area contributed by atoms with Crippen LogP contribution in [0.3, 0.4) is 0 Å². The van der Waals surface area contributed by atoms with E-state index in [-0.39, 0.29) is 30.6 Å². The highest BCUT2D eigenvalue weighted by molar-refractivity contribution is 5.85. The van der Waals surface area contributed by atoms with Gasteiger partial charge in [0, 0.05) is 31.1 Å². The molecule has 0 radical (unpaired) electrons. The van der Waals surface area contributed by atoms with Crippen LogP contribution in [0.2, 0.25) is 0 Å². The summed E-state index contributed by atoms with van der Waals surface area (Å²) in [6, 6.07) is 0. The molecule has 248 valence electrons. The second-order valence-corrected chi connectivity index (χ2v) is 14.1. The minimum absolute atomic E-state index is 0.135. The average molecular weight is 629 g/mol. The number of Topliss-reactive ketones (excluding diaryl/α,β-unsaturated/α-hetero) is 1. The van der Waals surface area contributed by atoms with E-state index in [4.69, 9.17) is 18.9 Å². The van der Waals surface area contributed by atoms with E-state index in [1.54, 1.807) is 0 Å². The fraction of sp³-hybridized carbons (Fsp3) is 0.871. The highest BCUT2D eigenvalue weighted by Crippen LogP contribution is 2.71. The van der Waals surface area contributed by atoms with Crippen LogP contribution in [0, 0.1) is 34.5 Å². The fourth-order valence-corrected chi connectivity index (χ4v) is 9.79. The number of carboxylic acids is 1. The largest absolute Gasteiger partial charge is 0.479 e. The molecule has 1 heterocycles. The topological polar surface area (TPSA) is 186 Å². The molecule has 0 spiro atoms. The summed E-state index contributed by atoms with van der Waals surface area (Å²) in [7, 11) is 0. The van der Waals surface area contributed by atoms with E-state index in [0.29, 0.717) is 44.9 Å². The SMILES string of the molecule is CC(=O)OCC(=O)[C@H]1CCC2C3CC[C@@H]4C[C@H](OC5O[C@H](C(=O)O)[C@@H](O)[C@H](O)[C@H]5O)CC[C@]4(C)[C@@]3(F)[C@H](OC(C)=O)C[C@@]21C. The molecule has 44 heavy (non-hydrogen) atoms. The van der Waals surface area contributed by atoms with E-state index in [0.717, 1.165) is 0 Å². The molecule has 5 aliphatic rings. The average Bonchev–Trinajstić information content (AvgIpc) is 3.28. The maximum atomic E-state index is 18.2. The summed E-state index contributed by atoms with van der Waals surface area (Å²) >= 11 is 0. The predicted octanol–water partition coefficient (Wildman–Crippen LogP) is 1.69.